The average molecular weight is 894 g/mol. The van der Waals surface area contributed by atoms with E-state index in [1.54, 1.807) is 83.8 Å². The van der Waals surface area contributed by atoms with Gasteiger partial charge >= 0.3 is 5.97 Å². The third kappa shape index (κ3) is 11.0. The number of amides is 2. The molecule has 8 rings (SSSR count). The minimum atomic E-state index is -2.11. The molecule has 2 saturated heterocycles. The molecule has 2 aliphatic rings. The van der Waals surface area contributed by atoms with Crippen molar-refractivity contribution in [3.63, 3.8) is 0 Å². The number of phenolic OH excluding ortho intramolecular Hbond substituents is 1. The number of rotatable bonds is 18. The lowest BCUT2D eigenvalue weighted by Crippen LogP contribution is -2.61. The number of nitrogens with one attached hydrogen (secondary N) is 3. The van der Waals surface area contributed by atoms with Crippen LogP contribution in [0.25, 0.3) is 10.9 Å². The Morgan fingerprint density at radius 3 is 2.27 bits per heavy atom. The summed E-state index contributed by atoms with van der Waals surface area (Å²) in [7, 11) is 0. The smallest absolute Gasteiger partial charge is 0.347 e. The molecule has 6 N–H and O–H groups in total. The summed E-state index contributed by atoms with van der Waals surface area (Å²) in [6, 6.07) is 38.6. The van der Waals surface area contributed by atoms with Gasteiger partial charge in [0.25, 0.3) is 11.8 Å². The predicted octanol–water partition coefficient (Wildman–Crippen LogP) is 4.81. The van der Waals surface area contributed by atoms with Gasteiger partial charge in [0.2, 0.25) is 11.2 Å². The van der Waals surface area contributed by atoms with Crippen LogP contribution in [-0.4, -0.2) is 106 Å². The van der Waals surface area contributed by atoms with E-state index in [1.165, 1.54) is 17.7 Å². The number of benzene rings is 5. The van der Waals surface area contributed by atoms with Crippen molar-refractivity contribution in [2.45, 2.75) is 43.6 Å². The van der Waals surface area contributed by atoms with E-state index in [4.69, 9.17) is 9.47 Å². The van der Waals surface area contributed by atoms with Crippen LogP contribution in [-0.2, 0) is 32.9 Å². The second-order valence-electron chi connectivity index (χ2n) is 17.1. The highest BCUT2D eigenvalue weighted by Gasteiger charge is 2.42. The summed E-state index contributed by atoms with van der Waals surface area (Å²) in [5, 5.41) is 39.8. The van der Waals surface area contributed by atoms with E-state index in [9.17, 15) is 34.5 Å². The Hall–Kier alpha value is -6.84. The third-order valence-corrected chi connectivity index (χ3v) is 12.4. The zero-order valence-corrected chi connectivity index (χ0v) is 36.6. The summed E-state index contributed by atoms with van der Waals surface area (Å²) in [5.41, 5.74) is 1.83. The number of aliphatic hydroxyl groups is 2. The quantitative estimate of drug-likeness (QED) is 0.0513. The molecule has 342 valence electrons. The van der Waals surface area contributed by atoms with Gasteiger partial charge in [0.15, 0.2) is 6.61 Å². The van der Waals surface area contributed by atoms with Crippen LogP contribution in [0.15, 0.2) is 138 Å². The minimum Gasteiger partial charge on any atom is -0.506 e. The largest absolute Gasteiger partial charge is 0.506 e. The number of aromatic amines is 1. The normalized spacial score (nSPS) is 15.9. The van der Waals surface area contributed by atoms with E-state index in [0.717, 1.165) is 38.0 Å². The molecule has 14 heteroatoms. The summed E-state index contributed by atoms with van der Waals surface area (Å²) >= 11 is 0. The molecule has 14 nitrogen and oxygen atoms in total. The number of likely N-dealkylation sites (tertiary alicyclic amines) is 2. The molecule has 0 aliphatic carbocycles. The summed E-state index contributed by atoms with van der Waals surface area (Å²) in [6.07, 6.45) is 1.55. The molecule has 3 heterocycles. The maximum absolute atomic E-state index is 13.8. The maximum atomic E-state index is 13.8. The number of aromatic hydroxyl groups is 1. The topological polar surface area (TPSA) is 194 Å². The average Bonchev–Trinajstić information content (AvgIpc) is 3.33. The molecule has 0 radical (unpaired) electrons. The van der Waals surface area contributed by atoms with Crippen LogP contribution in [0.3, 0.4) is 0 Å². The fraction of sp³-hybridized carbons (Fsp3) is 0.308. The Morgan fingerprint density at radius 2 is 1.53 bits per heavy atom. The summed E-state index contributed by atoms with van der Waals surface area (Å²) in [6.45, 7) is 4.08. The molecule has 0 spiro atoms. The fourth-order valence-electron chi connectivity index (χ4n) is 8.62. The standard InChI is InChI=1S/C52H55N5O9/c58-45-20-18-43(44-19-21-47(60)55-49(44)45)46(59)29-53-25-22-35-14-16-38(17-15-35)50(62)57-31-41(32-57)54-48(61)34-65-42-13-7-12-40(28-42)52(64,39-10-5-2-6-11-39)51(63)66-33-37-23-26-56(27-24-37)30-36-8-3-1-4-9-36/h1-21,28,37,41,46,53,58-59,64H,22-27,29-34H2,(H,54,61)(H,55,60)/t46-,52-/m0/s1. The van der Waals surface area contributed by atoms with E-state index in [2.05, 4.69) is 32.7 Å². The van der Waals surface area contributed by atoms with Gasteiger partial charge in [0.05, 0.1) is 24.3 Å². The number of H-pyrrole nitrogens is 1. The Labute approximate surface area is 382 Å². The number of fused-ring (bicyclic) bond motifs is 1. The molecule has 6 aromatic rings. The number of nitrogens with zero attached hydrogens (tertiary/aromatic N) is 2. The van der Waals surface area contributed by atoms with E-state index in [1.807, 2.05) is 30.3 Å². The van der Waals surface area contributed by atoms with Crippen molar-refractivity contribution in [1.82, 2.24) is 25.4 Å². The van der Waals surface area contributed by atoms with Crippen molar-refractivity contribution >= 4 is 28.7 Å². The molecule has 0 unspecified atom stereocenters. The molecule has 2 amide bonds. The van der Waals surface area contributed by atoms with E-state index in [-0.39, 0.29) is 65.9 Å². The van der Waals surface area contributed by atoms with Crippen LogP contribution >= 0.6 is 0 Å². The first-order chi connectivity index (χ1) is 32.0. The second kappa shape index (κ2) is 21.0. The first kappa shape index (κ1) is 45.7. The minimum absolute atomic E-state index is 0.0647. The predicted molar refractivity (Wildman–Crippen MR) is 249 cm³/mol. The summed E-state index contributed by atoms with van der Waals surface area (Å²) < 4.78 is 11.7. The molecule has 5 aromatic carbocycles. The van der Waals surface area contributed by atoms with Gasteiger partial charge < -0.3 is 45.3 Å². The highest BCUT2D eigenvalue weighted by atomic mass is 16.5. The van der Waals surface area contributed by atoms with Gasteiger partial charge in [-0.3, -0.25) is 19.3 Å². The van der Waals surface area contributed by atoms with Crippen molar-refractivity contribution in [2.75, 3.05) is 52.5 Å². The Bertz CT molecular complexity index is 2670. The third-order valence-electron chi connectivity index (χ3n) is 12.4. The molecule has 2 aliphatic heterocycles. The first-order valence-corrected chi connectivity index (χ1v) is 22.4. The molecule has 1 aromatic heterocycles. The van der Waals surface area contributed by atoms with Crippen molar-refractivity contribution < 1.29 is 39.2 Å². The number of aliphatic hydroxyl groups excluding tert-OH is 1. The van der Waals surface area contributed by atoms with Gasteiger partial charge in [-0.05, 0) is 103 Å². The van der Waals surface area contributed by atoms with Crippen LogP contribution in [0.1, 0.15) is 57.1 Å². The van der Waals surface area contributed by atoms with E-state index < -0.39 is 17.7 Å². The zero-order chi connectivity index (χ0) is 46.0. The SMILES string of the molecule is O=C(COc1cccc([C@](O)(C(=O)OCC2CCN(Cc3ccccc3)CC2)c2ccccc2)c1)NC1CN(C(=O)c2ccc(CCNC[C@H](O)c3ccc(O)c4[nH]c(=O)ccc34)cc2)C1. The molecule has 0 saturated carbocycles. The van der Waals surface area contributed by atoms with Crippen LogP contribution < -0.4 is 20.9 Å². The van der Waals surface area contributed by atoms with Crippen molar-refractivity contribution in [1.29, 1.82) is 0 Å². The highest BCUT2D eigenvalue weighted by Crippen LogP contribution is 2.34. The van der Waals surface area contributed by atoms with E-state index in [0.29, 0.717) is 53.9 Å². The van der Waals surface area contributed by atoms with E-state index >= 15 is 0 Å². The number of carbonyl (C=O) groups is 3. The summed E-state index contributed by atoms with van der Waals surface area (Å²) in [5.74, 6) is -0.889. The van der Waals surface area contributed by atoms with Crippen molar-refractivity contribution in [2.24, 2.45) is 5.92 Å². The highest BCUT2D eigenvalue weighted by molar-refractivity contribution is 5.95. The molecule has 66 heavy (non-hydrogen) atoms. The Morgan fingerprint density at radius 1 is 0.818 bits per heavy atom. The molecular formula is C52H55N5O9. The molecular weight excluding hydrogens is 839 g/mol. The zero-order valence-electron chi connectivity index (χ0n) is 36.6. The lowest BCUT2D eigenvalue weighted by molar-refractivity contribution is -0.164. The Kier molecular flexibility index (Phi) is 14.5. The second-order valence-corrected chi connectivity index (χ2v) is 17.1. The monoisotopic (exact) mass is 893 g/mol. The number of aromatic nitrogens is 1. The lowest BCUT2D eigenvalue weighted by atomic mass is 9.86. The number of ether oxygens (including phenoxy) is 2. The maximum Gasteiger partial charge on any atom is 0.347 e. The number of pyridine rings is 1. The van der Waals surface area contributed by atoms with Crippen LogP contribution in [0, 0.1) is 5.92 Å². The van der Waals surface area contributed by atoms with Crippen molar-refractivity contribution in [3.8, 4) is 11.5 Å². The fourth-order valence-corrected chi connectivity index (χ4v) is 8.62. The van der Waals surface area contributed by atoms with Gasteiger partial charge in [-0.1, -0.05) is 91.0 Å². The van der Waals surface area contributed by atoms with Gasteiger partial charge in [-0.25, -0.2) is 4.79 Å². The number of carbonyl (C=O) groups excluding carboxylic acids is 3. The molecule has 2 atom stereocenters. The first-order valence-electron chi connectivity index (χ1n) is 22.4. The van der Waals surface area contributed by atoms with Crippen LogP contribution in [0.2, 0.25) is 0 Å². The number of piperidine rings is 1. The number of hydrogen-bond acceptors (Lipinski definition) is 11. The molecule has 2 fully saturated rings. The number of esters is 1. The van der Waals surface area contributed by atoms with Gasteiger partial charge in [-0.15, -0.1) is 0 Å². The van der Waals surface area contributed by atoms with Crippen molar-refractivity contribution in [3.05, 3.63) is 177 Å². The van der Waals surface area contributed by atoms with Gasteiger partial charge in [0, 0.05) is 48.8 Å². The van der Waals surface area contributed by atoms with Gasteiger partial charge in [0.1, 0.15) is 11.5 Å². The van der Waals surface area contributed by atoms with Crippen LogP contribution in [0.4, 0.5) is 0 Å². The molecule has 0 bridgehead atoms. The number of hydrogen-bond donors (Lipinski definition) is 6. The van der Waals surface area contributed by atoms with Gasteiger partial charge in [-0.2, -0.15) is 0 Å². The summed E-state index contributed by atoms with van der Waals surface area (Å²) in [4.78, 5) is 58.4. The lowest BCUT2D eigenvalue weighted by Gasteiger charge is -2.39. The number of phenols is 1. The Balaban J connectivity index is 0.767. The van der Waals surface area contributed by atoms with Crippen LogP contribution in [0.5, 0.6) is 11.5 Å².